The van der Waals surface area contributed by atoms with E-state index in [-0.39, 0.29) is 6.42 Å². The standard InChI is InChI=1S/C19H30F2N2S/c1-19(20,21)11-7-18-22-16-9-13-23(14-10-17(16)24-18)12-8-15-5-3-2-4-6-15/h15H,2-14H2,1H3. The second-order valence-corrected chi connectivity index (χ2v) is 8.85. The van der Waals surface area contributed by atoms with Crippen molar-refractivity contribution in [3.63, 3.8) is 0 Å². The molecule has 0 radical (unpaired) electrons. The first-order chi connectivity index (χ1) is 11.5. The van der Waals surface area contributed by atoms with Crippen LogP contribution in [0.2, 0.25) is 0 Å². The third-order valence-electron chi connectivity index (χ3n) is 5.50. The number of aromatic nitrogens is 1. The zero-order chi connectivity index (χ0) is 17.0. The number of hydrogen-bond acceptors (Lipinski definition) is 3. The van der Waals surface area contributed by atoms with E-state index in [1.807, 2.05) is 0 Å². The summed E-state index contributed by atoms with van der Waals surface area (Å²) in [7, 11) is 0. The second kappa shape index (κ2) is 8.22. The maximum atomic E-state index is 13.0. The van der Waals surface area contributed by atoms with Gasteiger partial charge in [0.2, 0.25) is 5.92 Å². The molecule has 1 saturated carbocycles. The molecule has 2 aliphatic rings. The monoisotopic (exact) mass is 356 g/mol. The molecule has 2 heterocycles. The maximum Gasteiger partial charge on any atom is 0.245 e. The molecule has 0 amide bonds. The first kappa shape index (κ1) is 18.2. The van der Waals surface area contributed by atoms with E-state index in [9.17, 15) is 8.78 Å². The summed E-state index contributed by atoms with van der Waals surface area (Å²) in [4.78, 5) is 8.58. The van der Waals surface area contributed by atoms with Crippen LogP contribution in [0.15, 0.2) is 0 Å². The zero-order valence-electron chi connectivity index (χ0n) is 14.8. The number of thiazole rings is 1. The maximum absolute atomic E-state index is 13.0. The molecule has 0 unspecified atom stereocenters. The molecule has 0 aromatic carbocycles. The van der Waals surface area contributed by atoms with Gasteiger partial charge in [-0.3, -0.25) is 0 Å². The SMILES string of the molecule is CC(F)(F)CCc1nc2c(s1)CCN(CCC1CCCCC1)CC2. The lowest BCUT2D eigenvalue weighted by molar-refractivity contribution is 0.0133. The molecule has 1 aromatic heterocycles. The van der Waals surface area contributed by atoms with E-state index >= 15 is 0 Å². The van der Waals surface area contributed by atoms with Crippen LogP contribution in [0.4, 0.5) is 8.78 Å². The zero-order valence-corrected chi connectivity index (χ0v) is 15.6. The molecule has 1 aliphatic heterocycles. The molecule has 0 bridgehead atoms. The Morgan fingerprint density at radius 1 is 1.17 bits per heavy atom. The summed E-state index contributed by atoms with van der Waals surface area (Å²) in [6, 6.07) is 0. The molecular weight excluding hydrogens is 326 g/mol. The number of halogens is 2. The van der Waals surface area contributed by atoms with Gasteiger partial charge in [0.25, 0.3) is 0 Å². The predicted molar refractivity (Wildman–Crippen MR) is 96.1 cm³/mol. The van der Waals surface area contributed by atoms with Gasteiger partial charge in [-0.2, -0.15) is 0 Å². The van der Waals surface area contributed by atoms with Gasteiger partial charge in [-0.1, -0.05) is 32.1 Å². The van der Waals surface area contributed by atoms with Crippen LogP contribution in [0.25, 0.3) is 0 Å². The topological polar surface area (TPSA) is 16.1 Å². The molecule has 3 rings (SSSR count). The highest BCUT2D eigenvalue weighted by Gasteiger charge is 2.23. The smallest absolute Gasteiger partial charge is 0.245 e. The van der Waals surface area contributed by atoms with Crippen LogP contribution in [0.3, 0.4) is 0 Å². The van der Waals surface area contributed by atoms with Crippen LogP contribution in [-0.2, 0) is 19.3 Å². The Balaban J connectivity index is 1.46. The fourth-order valence-corrected chi connectivity index (χ4v) is 5.06. The number of hydrogen-bond donors (Lipinski definition) is 0. The Morgan fingerprint density at radius 3 is 2.67 bits per heavy atom. The van der Waals surface area contributed by atoms with Crippen LogP contribution < -0.4 is 0 Å². The summed E-state index contributed by atoms with van der Waals surface area (Å²) in [5, 5.41) is 0.900. The fourth-order valence-electron chi connectivity index (χ4n) is 3.96. The Kier molecular flexibility index (Phi) is 6.25. The predicted octanol–water partition coefficient (Wildman–Crippen LogP) is 5.10. The van der Waals surface area contributed by atoms with E-state index in [1.165, 1.54) is 55.6 Å². The molecule has 24 heavy (non-hydrogen) atoms. The van der Waals surface area contributed by atoms with E-state index in [0.717, 1.165) is 43.8 Å². The van der Waals surface area contributed by atoms with E-state index in [0.29, 0.717) is 6.42 Å². The summed E-state index contributed by atoms with van der Waals surface area (Å²) < 4.78 is 26.0. The summed E-state index contributed by atoms with van der Waals surface area (Å²) in [5.74, 6) is -1.64. The first-order valence-corrected chi connectivity index (χ1v) is 10.4. The Hall–Kier alpha value is -0.550. The van der Waals surface area contributed by atoms with Gasteiger partial charge in [0.05, 0.1) is 10.7 Å². The van der Waals surface area contributed by atoms with Gasteiger partial charge in [0, 0.05) is 37.2 Å². The third kappa shape index (κ3) is 5.48. The highest BCUT2D eigenvalue weighted by molar-refractivity contribution is 7.11. The minimum atomic E-state index is -2.58. The molecule has 0 N–H and O–H groups in total. The van der Waals surface area contributed by atoms with Crippen molar-refractivity contribution >= 4 is 11.3 Å². The second-order valence-electron chi connectivity index (χ2n) is 7.68. The Labute approximate surface area is 148 Å². The normalized spacial score (nSPS) is 20.8. The largest absolute Gasteiger partial charge is 0.303 e. The number of alkyl halides is 2. The lowest BCUT2D eigenvalue weighted by atomic mass is 9.87. The van der Waals surface area contributed by atoms with Crippen LogP contribution in [0.1, 0.15) is 67.4 Å². The molecule has 0 spiro atoms. The summed E-state index contributed by atoms with van der Waals surface area (Å²) in [6.07, 6.45) is 10.8. The van der Waals surface area contributed by atoms with Crippen LogP contribution in [-0.4, -0.2) is 35.4 Å². The van der Waals surface area contributed by atoms with Crippen molar-refractivity contribution in [1.82, 2.24) is 9.88 Å². The fraction of sp³-hybridized carbons (Fsp3) is 0.842. The van der Waals surface area contributed by atoms with Gasteiger partial charge >= 0.3 is 0 Å². The molecule has 1 aromatic rings. The van der Waals surface area contributed by atoms with Gasteiger partial charge in [-0.05, 0) is 32.2 Å². The molecule has 5 heteroatoms. The highest BCUT2D eigenvalue weighted by Crippen LogP contribution is 2.28. The van der Waals surface area contributed by atoms with Crippen molar-refractivity contribution in [1.29, 1.82) is 0 Å². The minimum Gasteiger partial charge on any atom is -0.303 e. The first-order valence-electron chi connectivity index (χ1n) is 9.57. The average Bonchev–Trinajstić information content (AvgIpc) is 2.85. The summed E-state index contributed by atoms with van der Waals surface area (Å²) in [6.45, 7) is 4.39. The van der Waals surface area contributed by atoms with Gasteiger partial charge in [0.1, 0.15) is 0 Å². The highest BCUT2D eigenvalue weighted by atomic mass is 32.1. The number of rotatable bonds is 6. The average molecular weight is 357 g/mol. The van der Waals surface area contributed by atoms with Gasteiger partial charge < -0.3 is 4.90 Å². The molecule has 136 valence electrons. The molecule has 0 atom stereocenters. The molecule has 0 saturated heterocycles. The van der Waals surface area contributed by atoms with Crippen LogP contribution in [0, 0.1) is 5.92 Å². The number of nitrogens with zero attached hydrogens (tertiary/aromatic N) is 2. The van der Waals surface area contributed by atoms with Crippen LogP contribution in [0.5, 0.6) is 0 Å². The van der Waals surface area contributed by atoms with Crippen molar-refractivity contribution in [2.45, 2.75) is 77.1 Å². The molecule has 1 fully saturated rings. The van der Waals surface area contributed by atoms with E-state index in [2.05, 4.69) is 9.88 Å². The van der Waals surface area contributed by atoms with Crippen molar-refractivity contribution in [2.75, 3.05) is 19.6 Å². The Bertz CT molecular complexity index is 492. The number of fused-ring (bicyclic) bond motifs is 1. The number of aryl methyl sites for hydroxylation is 1. The molecule has 2 nitrogen and oxygen atoms in total. The van der Waals surface area contributed by atoms with E-state index < -0.39 is 5.92 Å². The van der Waals surface area contributed by atoms with Crippen molar-refractivity contribution < 1.29 is 8.78 Å². The van der Waals surface area contributed by atoms with E-state index in [4.69, 9.17) is 0 Å². The van der Waals surface area contributed by atoms with Crippen LogP contribution >= 0.6 is 11.3 Å². The van der Waals surface area contributed by atoms with Crippen molar-refractivity contribution in [2.24, 2.45) is 5.92 Å². The third-order valence-corrected chi connectivity index (χ3v) is 6.72. The van der Waals surface area contributed by atoms with Gasteiger partial charge in [0.15, 0.2) is 0 Å². The minimum absolute atomic E-state index is 0.0904. The molecular formula is C19H30F2N2S. The van der Waals surface area contributed by atoms with Gasteiger partial charge in [-0.25, -0.2) is 13.8 Å². The summed E-state index contributed by atoms with van der Waals surface area (Å²) >= 11 is 1.67. The Morgan fingerprint density at radius 2 is 1.92 bits per heavy atom. The quantitative estimate of drug-likeness (QED) is 0.705. The van der Waals surface area contributed by atoms with Crippen molar-refractivity contribution in [3.05, 3.63) is 15.6 Å². The lowest BCUT2D eigenvalue weighted by Gasteiger charge is -2.26. The van der Waals surface area contributed by atoms with Gasteiger partial charge in [-0.15, -0.1) is 11.3 Å². The van der Waals surface area contributed by atoms with E-state index in [1.54, 1.807) is 11.3 Å². The summed E-state index contributed by atoms with van der Waals surface area (Å²) in [5.41, 5.74) is 1.18. The lowest BCUT2D eigenvalue weighted by Crippen LogP contribution is -2.29. The van der Waals surface area contributed by atoms with Crippen molar-refractivity contribution in [3.8, 4) is 0 Å². The molecule has 1 aliphatic carbocycles.